The molecule has 24 heavy (non-hydrogen) atoms. The standard InChI is InChI=1S/C17H22FN3O2S/c1-20(17(22)19-9-15-4-2-6-23-15)11-14-8-13(18)10-21(14)12-16-5-3-7-24-16/h2-7,13-14H,8-12H2,1H3,(H,19,22)/t13-,14-/m0/s1. The summed E-state index contributed by atoms with van der Waals surface area (Å²) in [6, 6.07) is 7.53. The zero-order chi connectivity index (χ0) is 16.9. The van der Waals surface area contributed by atoms with Crippen LogP contribution in [0.25, 0.3) is 0 Å². The first-order valence-corrected chi connectivity index (χ1v) is 8.91. The minimum Gasteiger partial charge on any atom is -0.467 e. The lowest BCUT2D eigenvalue weighted by Crippen LogP contribution is -2.44. The van der Waals surface area contributed by atoms with Gasteiger partial charge < -0.3 is 14.6 Å². The third kappa shape index (κ3) is 4.36. The summed E-state index contributed by atoms with van der Waals surface area (Å²) in [7, 11) is 1.74. The fourth-order valence-corrected chi connectivity index (χ4v) is 3.75. The van der Waals surface area contributed by atoms with Gasteiger partial charge in [0.25, 0.3) is 0 Å². The summed E-state index contributed by atoms with van der Waals surface area (Å²) < 4.78 is 19.1. The van der Waals surface area contributed by atoms with Crippen LogP contribution in [0.15, 0.2) is 40.3 Å². The second-order valence-electron chi connectivity index (χ2n) is 6.11. The number of thiophene rings is 1. The first-order chi connectivity index (χ1) is 11.6. The molecule has 0 aliphatic carbocycles. The molecule has 7 heteroatoms. The average molecular weight is 351 g/mol. The van der Waals surface area contributed by atoms with Crippen molar-refractivity contribution in [3.8, 4) is 0 Å². The van der Waals surface area contributed by atoms with Crippen molar-refractivity contribution in [2.75, 3.05) is 20.1 Å². The molecule has 2 aromatic rings. The number of furan rings is 1. The molecule has 2 aromatic heterocycles. The smallest absolute Gasteiger partial charge is 0.317 e. The van der Waals surface area contributed by atoms with Gasteiger partial charge in [-0.1, -0.05) is 6.07 Å². The lowest BCUT2D eigenvalue weighted by atomic mass is 10.2. The highest BCUT2D eigenvalue weighted by atomic mass is 32.1. The van der Waals surface area contributed by atoms with Gasteiger partial charge in [0.15, 0.2) is 0 Å². The predicted octanol–water partition coefficient (Wildman–Crippen LogP) is 3.10. The number of rotatable bonds is 6. The summed E-state index contributed by atoms with van der Waals surface area (Å²) in [5.74, 6) is 0.709. The number of carbonyl (C=O) groups excluding carboxylic acids is 1. The largest absolute Gasteiger partial charge is 0.467 e. The van der Waals surface area contributed by atoms with E-state index in [-0.39, 0.29) is 12.1 Å². The number of carbonyl (C=O) groups is 1. The normalized spacial score (nSPS) is 21.1. The maximum Gasteiger partial charge on any atom is 0.317 e. The molecule has 0 saturated carbocycles. The molecular formula is C17H22FN3O2S. The number of halogens is 1. The van der Waals surface area contributed by atoms with Crippen molar-refractivity contribution in [3.63, 3.8) is 0 Å². The van der Waals surface area contributed by atoms with Crippen molar-refractivity contribution in [2.24, 2.45) is 0 Å². The van der Waals surface area contributed by atoms with E-state index < -0.39 is 6.17 Å². The van der Waals surface area contributed by atoms with Gasteiger partial charge in [-0.05, 0) is 30.0 Å². The number of urea groups is 1. The second kappa shape index (κ2) is 7.81. The molecule has 3 heterocycles. The number of nitrogens with one attached hydrogen (secondary N) is 1. The zero-order valence-electron chi connectivity index (χ0n) is 13.7. The van der Waals surface area contributed by atoms with Crippen LogP contribution in [0, 0.1) is 0 Å². The van der Waals surface area contributed by atoms with Crippen LogP contribution in [0.5, 0.6) is 0 Å². The Kier molecular flexibility index (Phi) is 5.52. The topological polar surface area (TPSA) is 48.7 Å². The fraction of sp³-hybridized carbons (Fsp3) is 0.471. The van der Waals surface area contributed by atoms with Crippen LogP contribution in [-0.2, 0) is 13.1 Å². The fourth-order valence-electron chi connectivity index (χ4n) is 3.02. The quantitative estimate of drug-likeness (QED) is 0.870. The lowest BCUT2D eigenvalue weighted by molar-refractivity contribution is 0.174. The molecule has 130 valence electrons. The Labute approximate surface area is 145 Å². The van der Waals surface area contributed by atoms with E-state index in [9.17, 15) is 9.18 Å². The molecule has 1 saturated heterocycles. The number of likely N-dealkylation sites (N-methyl/N-ethyl adjacent to an activating group) is 1. The molecule has 2 atom stereocenters. The molecule has 0 unspecified atom stereocenters. The van der Waals surface area contributed by atoms with E-state index in [1.165, 1.54) is 4.88 Å². The molecule has 1 aliphatic rings. The van der Waals surface area contributed by atoms with Crippen LogP contribution in [0.4, 0.5) is 9.18 Å². The average Bonchev–Trinajstić information content (AvgIpc) is 3.29. The molecule has 0 spiro atoms. The number of amides is 2. The van der Waals surface area contributed by atoms with E-state index in [2.05, 4.69) is 16.3 Å². The highest BCUT2D eigenvalue weighted by Crippen LogP contribution is 2.24. The minimum atomic E-state index is -0.824. The lowest BCUT2D eigenvalue weighted by Gasteiger charge is -2.28. The van der Waals surface area contributed by atoms with Crippen LogP contribution >= 0.6 is 11.3 Å². The number of hydrogen-bond acceptors (Lipinski definition) is 4. The van der Waals surface area contributed by atoms with E-state index in [1.807, 2.05) is 17.5 Å². The Hall–Kier alpha value is -1.86. The monoisotopic (exact) mass is 351 g/mol. The van der Waals surface area contributed by atoms with Gasteiger partial charge >= 0.3 is 6.03 Å². The molecule has 3 rings (SSSR count). The van der Waals surface area contributed by atoms with E-state index in [4.69, 9.17) is 4.42 Å². The molecule has 0 radical (unpaired) electrons. The molecule has 2 amide bonds. The summed E-state index contributed by atoms with van der Waals surface area (Å²) in [4.78, 5) is 17.2. The number of nitrogens with zero attached hydrogens (tertiary/aromatic N) is 2. The molecule has 1 aliphatic heterocycles. The van der Waals surface area contributed by atoms with Crippen molar-refractivity contribution < 1.29 is 13.6 Å². The Balaban J connectivity index is 1.51. The third-order valence-electron chi connectivity index (χ3n) is 4.24. The van der Waals surface area contributed by atoms with E-state index in [0.717, 1.165) is 6.54 Å². The van der Waals surface area contributed by atoms with Crippen molar-refractivity contribution >= 4 is 17.4 Å². The Morgan fingerprint density at radius 3 is 3.08 bits per heavy atom. The van der Waals surface area contributed by atoms with Crippen molar-refractivity contribution in [2.45, 2.75) is 31.7 Å². The summed E-state index contributed by atoms with van der Waals surface area (Å²) in [5.41, 5.74) is 0. The molecule has 1 fully saturated rings. The Morgan fingerprint density at radius 1 is 1.50 bits per heavy atom. The first-order valence-electron chi connectivity index (χ1n) is 8.03. The highest BCUT2D eigenvalue weighted by molar-refractivity contribution is 7.09. The van der Waals surface area contributed by atoms with Gasteiger partial charge in [0.05, 0.1) is 12.8 Å². The summed E-state index contributed by atoms with van der Waals surface area (Å²) >= 11 is 1.68. The van der Waals surface area contributed by atoms with E-state index >= 15 is 0 Å². The highest BCUT2D eigenvalue weighted by Gasteiger charge is 2.33. The molecule has 1 N–H and O–H groups in total. The predicted molar refractivity (Wildman–Crippen MR) is 91.6 cm³/mol. The molecular weight excluding hydrogens is 329 g/mol. The Bertz CT molecular complexity index is 632. The SMILES string of the molecule is CN(C[C@@H]1C[C@H](F)CN1Cc1cccs1)C(=O)NCc1ccco1. The maximum absolute atomic E-state index is 13.9. The molecule has 0 bridgehead atoms. The van der Waals surface area contributed by atoms with Crippen LogP contribution in [0.3, 0.4) is 0 Å². The van der Waals surface area contributed by atoms with Crippen LogP contribution < -0.4 is 5.32 Å². The number of hydrogen-bond donors (Lipinski definition) is 1. The summed E-state index contributed by atoms with van der Waals surface area (Å²) in [6.07, 6.45) is 1.23. The van der Waals surface area contributed by atoms with Crippen molar-refractivity contribution in [1.29, 1.82) is 0 Å². The van der Waals surface area contributed by atoms with E-state index in [1.54, 1.807) is 35.6 Å². The summed E-state index contributed by atoms with van der Waals surface area (Å²) in [6.45, 7) is 2.04. The van der Waals surface area contributed by atoms with Gasteiger partial charge in [-0.2, -0.15) is 0 Å². The minimum absolute atomic E-state index is 0.0430. The maximum atomic E-state index is 13.9. The zero-order valence-corrected chi connectivity index (χ0v) is 14.5. The van der Waals surface area contributed by atoms with E-state index in [0.29, 0.717) is 31.8 Å². The summed E-state index contributed by atoms with van der Waals surface area (Å²) in [5, 5.41) is 4.84. The first kappa shape index (κ1) is 17.0. The second-order valence-corrected chi connectivity index (χ2v) is 7.15. The van der Waals surface area contributed by atoms with Gasteiger partial charge in [-0.25, -0.2) is 9.18 Å². The van der Waals surface area contributed by atoms with Gasteiger partial charge in [0.2, 0.25) is 0 Å². The molecule has 5 nitrogen and oxygen atoms in total. The van der Waals surface area contributed by atoms with Crippen molar-refractivity contribution in [1.82, 2.24) is 15.1 Å². The van der Waals surface area contributed by atoms with Crippen LogP contribution in [-0.4, -0.2) is 48.2 Å². The van der Waals surface area contributed by atoms with Crippen LogP contribution in [0.2, 0.25) is 0 Å². The van der Waals surface area contributed by atoms with Gasteiger partial charge in [-0.3, -0.25) is 4.90 Å². The van der Waals surface area contributed by atoms with Crippen molar-refractivity contribution in [3.05, 3.63) is 46.5 Å². The Morgan fingerprint density at radius 2 is 2.38 bits per heavy atom. The van der Waals surface area contributed by atoms with Gasteiger partial charge in [0.1, 0.15) is 11.9 Å². The molecule has 0 aromatic carbocycles. The van der Waals surface area contributed by atoms with Crippen LogP contribution in [0.1, 0.15) is 17.1 Å². The number of likely N-dealkylation sites (tertiary alicyclic amines) is 1. The van der Waals surface area contributed by atoms with Gasteiger partial charge in [-0.15, -0.1) is 11.3 Å². The number of alkyl halides is 1. The van der Waals surface area contributed by atoms with Gasteiger partial charge in [0, 0.05) is 37.6 Å². The third-order valence-corrected chi connectivity index (χ3v) is 5.10.